The zero-order valence-corrected chi connectivity index (χ0v) is 12.3. The molecule has 0 spiro atoms. The third-order valence-corrected chi connectivity index (χ3v) is 3.31. The second kappa shape index (κ2) is 5.85. The van der Waals surface area contributed by atoms with Gasteiger partial charge in [0.15, 0.2) is 0 Å². The normalized spacial score (nSPS) is 10.6. The Kier molecular flexibility index (Phi) is 3.74. The molecule has 0 aliphatic heterocycles. The van der Waals surface area contributed by atoms with Crippen LogP contribution in [0.15, 0.2) is 43.0 Å². The Morgan fingerprint density at radius 2 is 2.18 bits per heavy atom. The van der Waals surface area contributed by atoms with Gasteiger partial charge in [0.25, 0.3) is 0 Å². The first-order chi connectivity index (χ1) is 10.7. The van der Waals surface area contributed by atoms with Crippen molar-refractivity contribution in [2.45, 2.75) is 13.5 Å². The van der Waals surface area contributed by atoms with Crippen LogP contribution in [-0.2, 0) is 11.3 Å². The number of carbonyl (C=O) groups is 1. The van der Waals surface area contributed by atoms with Crippen LogP contribution in [-0.4, -0.2) is 27.4 Å². The Bertz CT molecular complexity index is 812. The number of nitrogens with zero attached hydrogens (tertiary/aromatic N) is 3. The third kappa shape index (κ3) is 2.63. The fraction of sp³-hybridized carbons (Fsp3) is 0.188. The maximum Gasteiger partial charge on any atom is 0.355 e. The molecule has 0 aliphatic rings. The van der Waals surface area contributed by atoms with Crippen molar-refractivity contribution in [3.8, 4) is 5.75 Å². The van der Waals surface area contributed by atoms with E-state index in [4.69, 9.17) is 9.47 Å². The van der Waals surface area contributed by atoms with Gasteiger partial charge in [0.2, 0.25) is 0 Å². The van der Waals surface area contributed by atoms with Gasteiger partial charge in [-0.25, -0.2) is 4.79 Å². The molecule has 0 radical (unpaired) electrons. The van der Waals surface area contributed by atoms with E-state index in [-0.39, 0.29) is 5.97 Å². The molecular weight excluding hydrogens is 282 g/mol. The van der Waals surface area contributed by atoms with E-state index in [1.54, 1.807) is 29.2 Å². The lowest BCUT2D eigenvalue weighted by atomic mass is 10.3. The summed E-state index contributed by atoms with van der Waals surface area (Å²) in [6.07, 6.45) is 6.65. The van der Waals surface area contributed by atoms with Gasteiger partial charge in [-0.15, -0.1) is 0 Å². The smallest absolute Gasteiger partial charge is 0.355 e. The first kappa shape index (κ1) is 14.1. The third-order valence-electron chi connectivity index (χ3n) is 3.31. The average molecular weight is 297 g/mol. The lowest BCUT2D eigenvalue weighted by Crippen LogP contribution is -2.07. The minimum atomic E-state index is -0.372. The van der Waals surface area contributed by atoms with Crippen LogP contribution in [0.1, 0.15) is 21.7 Å². The SMILES string of the molecule is COC(=O)c1c(C)cc2ccc(OCc3cnccn3)cn12. The molecule has 3 aromatic heterocycles. The van der Waals surface area contributed by atoms with Gasteiger partial charge in [-0.05, 0) is 30.7 Å². The van der Waals surface area contributed by atoms with E-state index in [1.165, 1.54) is 7.11 Å². The molecule has 0 aliphatic carbocycles. The van der Waals surface area contributed by atoms with Gasteiger partial charge >= 0.3 is 5.97 Å². The molecule has 0 saturated carbocycles. The Hall–Kier alpha value is -2.89. The molecule has 0 N–H and O–H groups in total. The van der Waals surface area contributed by atoms with E-state index in [9.17, 15) is 4.79 Å². The monoisotopic (exact) mass is 297 g/mol. The molecule has 22 heavy (non-hydrogen) atoms. The number of methoxy groups -OCH3 is 1. The quantitative estimate of drug-likeness (QED) is 0.692. The van der Waals surface area contributed by atoms with Crippen LogP contribution >= 0.6 is 0 Å². The summed E-state index contributed by atoms with van der Waals surface area (Å²) in [5.74, 6) is 0.266. The topological polar surface area (TPSA) is 65.7 Å². The lowest BCUT2D eigenvalue weighted by molar-refractivity contribution is 0.0592. The number of fused-ring (bicyclic) bond motifs is 1. The molecule has 112 valence electrons. The summed E-state index contributed by atoms with van der Waals surface area (Å²) in [6.45, 7) is 2.19. The average Bonchev–Trinajstić information content (AvgIpc) is 2.88. The number of carbonyl (C=O) groups excluding carboxylic acids is 1. The number of hydrogen-bond acceptors (Lipinski definition) is 5. The fourth-order valence-corrected chi connectivity index (χ4v) is 2.29. The molecule has 3 aromatic rings. The van der Waals surface area contributed by atoms with Crippen LogP contribution in [0, 0.1) is 6.92 Å². The molecule has 3 rings (SSSR count). The predicted octanol–water partition coefficient (Wildman–Crippen LogP) is 2.40. The minimum Gasteiger partial charge on any atom is -0.486 e. The summed E-state index contributed by atoms with van der Waals surface area (Å²) < 4.78 is 12.3. The first-order valence-corrected chi connectivity index (χ1v) is 6.77. The lowest BCUT2D eigenvalue weighted by Gasteiger charge is -2.08. The van der Waals surface area contributed by atoms with Crippen molar-refractivity contribution >= 4 is 11.5 Å². The number of hydrogen-bond donors (Lipinski definition) is 0. The van der Waals surface area contributed by atoms with Gasteiger partial charge in [-0.3, -0.25) is 9.97 Å². The molecule has 0 saturated heterocycles. The van der Waals surface area contributed by atoms with Gasteiger partial charge in [-0.2, -0.15) is 0 Å². The first-order valence-electron chi connectivity index (χ1n) is 6.77. The van der Waals surface area contributed by atoms with Crippen LogP contribution < -0.4 is 4.74 Å². The van der Waals surface area contributed by atoms with Crippen molar-refractivity contribution in [1.29, 1.82) is 0 Å². The zero-order valence-electron chi connectivity index (χ0n) is 12.3. The highest BCUT2D eigenvalue weighted by Gasteiger charge is 2.15. The summed E-state index contributed by atoms with van der Waals surface area (Å²) in [5.41, 5.74) is 3.00. The minimum absolute atomic E-state index is 0.313. The number of aryl methyl sites for hydroxylation is 1. The van der Waals surface area contributed by atoms with Crippen molar-refractivity contribution in [2.75, 3.05) is 7.11 Å². The van der Waals surface area contributed by atoms with E-state index in [1.807, 2.05) is 25.1 Å². The number of rotatable bonds is 4. The van der Waals surface area contributed by atoms with Crippen molar-refractivity contribution in [1.82, 2.24) is 14.4 Å². The van der Waals surface area contributed by atoms with E-state index >= 15 is 0 Å². The van der Waals surface area contributed by atoms with Crippen LogP contribution in [0.5, 0.6) is 5.75 Å². The maximum atomic E-state index is 11.9. The summed E-state index contributed by atoms with van der Waals surface area (Å²) in [4.78, 5) is 20.0. The van der Waals surface area contributed by atoms with E-state index in [0.29, 0.717) is 18.1 Å². The van der Waals surface area contributed by atoms with Crippen LogP contribution in [0.25, 0.3) is 5.52 Å². The molecule has 0 fully saturated rings. The number of aromatic nitrogens is 3. The highest BCUT2D eigenvalue weighted by atomic mass is 16.5. The molecule has 3 heterocycles. The Morgan fingerprint density at radius 1 is 1.32 bits per heavy atom. The number of pyridine rings is 1. The summed E-state index contributed by atoms with van der Waals surface area (Å²) in [7, 11) is 1.37. The van der Waals surface area contributed by atoms with Gasteiger partial charge < -0.3 is 13.9 Å². The molecule has 0 unspecified atom stereocenters. The Morgan fingerprint density at radius 3 is 2.91 bits per heavy atom. The standard InChI is InChI=1S/C16H15N3O3/c1-11-7-13-3-4-14(9-19(13)15(11)16(20)21-2)22-10-12-8-17-5-6-18-12/h3-9H,10H2,1-2H3. The number of esters is 1. The van der Waals surface area contributed by atoms with Crippen molar-refractivity contribution in [2.24, 2.45) is 0 Å². The molecule has 0 amide bonds. The van der Waals surface area contributed by atoms with E-state index < -0.39 is 0 Å². The highest BCUT2D eigenvalue weighted by molar-refractivity contribution is 5.91. The number of ether oxygens (including phenoxy) is 2. The van der Waals surface area contributed by atoms with Crippen molar-refractivity contribution < 1.29 is 14.3 Å². The predicted molar refractivity (Wildman–Crippen MR) is 79.8 cm³/mol. The second-order valence-corrected chi connectivity index (χ2v) is 4.81. The molecule has 6 heteroatoms. The van der Waals surface area contributed by atoms with Gasteiger partial charge in [-0.1, -0.05) is 0 Å². The fourth-order valence-electron chi connectivity index (χ4n) is 2.29. The maximum absolute atomic E-state index is 11.9. The van der Waals surface area contributed by atoms with Crippen LogP contribution in [0.2, 0.25) is 0 Å². The Balaban J connectivity index is 1.90. The largest absolute Gasteiger partial charge is 0.486 e. The van der Waals surface area contributed by atoms with E-state index in [0.717, 1.165) is 16.8 Å². The van der Waals surface area contributed by atoms with E-state index in [2.05, 4.69) is 9.97 Å². The molecule has 0 aromatic carbocycles. The summed E-state index contributed by atoms with van der Waals surface area (Å²) >= 11 is 0. The molecular formula is C16H15N3O3. The van der Waals surface area contributed by atoms with Gasteiger partial charge in [0, 0.05) is 17.9 Å². The molecule has 0 atom stereocenters. The highest BCUT2D eigenvalue weighted by Crippen LogP contribution is 2.21. The summed E-state index contributed by atoms with van der Waals surface area (Å²) in [6, 6.07) is 5.68. The van der Waals surface area contributed by atoms with Gasteiger partial charge in [0.05, 0.1) is 25.2 Å². The van der Waals surface area contributed by atoms with Crippen LogP contribution in [0.3, 0.4) is 0 Å². The van der Waals surface area contributed by atoms with Crippen LogP contribution in [0.4, 0.5) is 0 Å². The van der Waals surface area contributed by atoms with Crippen molar-refractivity contribution in [3.05, 3.63) is 59.9 Å². The molecule has 0 bridgehead atoms. The zero-order chi connectivity index (χ0) is 15.5. The summed E-state index contributed by atoms with van der Waals surface area (Å²) in [5, 5.41) is 0. The van der Waals surface area contributed by atoms with Crippen molar-refractivity contribution in [3.63, 3.8) is 0 Å². The molecule has 6 nitrogen and oxygen atoms in total. The Labute approximate surface area is 127 Å². The second-order valence-electron chi connectivity index (χ2n) is 4.81. The van der Waals surface area contributed by atoms with Gasteiger partial charge in [0.1, 0.15) is 18.1 Å².